The molecule has 3 heterocycles. The number of morpholine rings is 1. The van der Waals surface area contributed by atoms with E-state index in [9.17, 15) is 4.79 Å². The Morgan fingerprint density at radius 3 is 2.59 bits per heavy atom. The molecule has 0 aromatic carbocycles. The maximum atomic E-state index is 12.5. The van der Waals surface area contributed by atoms with Crippen LogP contribution in [0.4, 0.5) is 5.95 Å². The van der Waals surface area contributed by atoms with Gasteiger partial charge in [0.1, 0.15) is 0 Å². The highest BCUT2D eigenvalue weighted by Gasteiger charge is 2.22. The summed E-state index contributed by atoms with van der Waals surface area (Å²) in [6.45, 7) is 6.90. The highest BCUT2D eigenvalue weighted by molar-refractivity contribution is 5.78. The number of rotatable bonds is 3. The molecule has 0 bridgehead atoms. The van der Waals surface area contributed by atoms with Gasteiger partial charge in [-0.15, -0.1) is 0 Å². The minimum absolute atomic E-state index is 0.220. The monoisotopic (exact) mass is 305 g/mol. The SMILES string of the molecule is O=C(CN1CCOCC1)N1CCCN(c2ncccn2)CC1. The van der Waals surface area contributed by atoms with Gasteiger partial charge in [-0.25, -0.2) is 9.97 Å². The molecule has 0 radical (unpaired) electrons. The van der Waals surface area contributed by atoms with E-state index in [1.54, 1.807) is 12.4 Å². The van der Waals surface area contributed by atoms with Gasteiger partial charge in [-0.1, -0.05) is 0 Å². The Labute approximate surface area is 130 Å². The molecule has 1 aromatic heterocycles. The third-order valence-corrected chi connectivity index (χ3v) is 4.15. The largest absolute Gasteiger partial charge is 0.379 e. The first kappa shape index (κ1) is 15.2. The number of aromatic nitrogens is 2. The molecule has 120 valence electrons. The van der Waals surface area contributed by atoms with Crippen LogP contribution >= 0.6 is 0 Å². The lowest BCUT2D eigenvalue weighted by atomic mass is 10.3. The van der Waals surface area contributed by atoms with Crippen molar-refractivity contribution in [1.29, 1.82) is 0 Å². The number of nitrogens with zero attached hydrogens (tertiary/aromatic N) is 5. The maximum Gasteiger partial charge on any atom is 0.236 e. The summed E-state index contributed by atoms with van der Waals surface area (Å²) < 4.78 is 5.32. The molecule has 2 fully saturated rings. The fraction of sp³-hybridized carbons (Fsp3) is 0.667. The number of amides is 1. The topological polar surface area (TPSA) is 61.8 Å². The van der Waals surface area contributed by atoms with Crippen LogP contribution in [0.1, 0.15) is 6.42 Å². The van der Waals surface area contributed by atoms with Crippen LogP contribution in [0, 0.1) is 0 Å². The van der Waals surface area contributed by atoms with Gasteiger partial charge in [0, 0.05) is 51.7 Å². The normalized spacial score (nSPS) is 20.7. The summed E-state index contributed by atoms with van der Waals surface area (Å²) in [7, 11) is 0. The Balaban J connectivity index is 1.52. The molecule has 7 nitrogen and oxygen atoms in total. The Kier molecular flexibility index (Phi) is 5.18. The lowest BCUT2D eigenvalue weighted by molar-refractivity contribution is -0.133. The Hall–Kier alpha value is -1.73. The minimum Gasteiger partial charge on any atom is -0.379 e. The van der Waals surface area contributed by atoms with Crippen molar-refractivity contribution in [3.8, 4) is 0 Å². The second kappa shape index (κ2) is 7.51. The molecule has 2 aliphatic heterocycles. The molecule has 7 heteroatoms. The molecular weight excluding hydrogens is 282 g/mol. The van der Waals surface area contributed by atoms with Crippen LogP contribution in [0.25, 0.3) is 0 Å². The molecule has 2 aliphatic rings. The molecule has 0 spiro atoms. The molecule has 0 saturated carbocycles. The Morgan fingerprint density at radius 2 is 1.82 bits per heavy atom. The first-order valence-electron chi connectivity index (χ1n) is 7.93. The molecule has 22 heavy (non-hydrogen) atoms. The van der Waals surface area contributed by atoms with Crippen LogP contribution in [0.15, 0.2) is 18.5 Å². The average molecular weight is 305 g/mol. The van der Waals surface area contributed by atoms with Crippen LogP contribution in [0.3, 0.4) is 0 Å². The fourth-order valence-corrected chi connectivity index (χ4v) is 2.87. The zero-order valence-electron chi connectivity index (χ0n) is 12.9. The second-order valence-electron chi connectivity index (χ2n) is 5.66. The summed E-state index contributed by atoms with van der Waals surface area (Å²) in [6.07, 6.45) is 4.47. The number of ether oxygens (including phenoxy) is 1. The summed E-state index contributed by atoms with van der Waals surface area (Å²) in [4.78, 5) is 27.4. The Bertz CT molecular complexity index is 478. The standard InChI is InChI=1S/C15H23N5O2/c21-14(13-18-9-11-22-12-10-18)19-5-2-6-20(8-7-19)15-16-3-1-4-17-15/h1,3-4H,2,5-13H2. The van der Waals surface area contributed by atoms with Gasteiger partial charge in [-0.2, -0.15) is 0 Å². The highest BCUT2D eigenvalue weighted by atomic mass is 16.5. The minimum atomic E-state index is 0.220. The van der Waals surface area contributed by atoms with Gasteiger partial charge in [-0.05, 0) is 12.5 Å². The van der Waals surface area contributed by atoms with Crippen molar-refractivity contribution in [3.63, 3.8) is 0 Å². The summed E-state index contributed by atoms with van der Waals surface area (Å²) in [6, 6.07) is 1.82. The van der Waals surface area contributed by atoms with E-state index in [0.717, 1.165) is 64.9 Å². The highest BCUT2D eigenvalue weighted by Crippen LogP contribution is 2.10. The predicted octanol–water partition coefficient (Wildman–Crippen LogP) is -0.152. The zero-order chi connectivity index (χ0) is 15.2. The molecule has 0 atom stereocenters. The maximum absolute atomic E-state index is 12.5. The van der Waals surface area contributed by atoms with Crippen LogP contribution in [-0.4, -0.2) is 84.7 Å². The zero-order valence-corrected chi connectivity index (χ0v) is 12.9. The summed E-state index contributed by atoms with van der Waals surface area (Å²) in [5.41, 5.74) is 0. The van der Waals surface area contributed by atoms with Crippen LogP contribution in [0.2, 0.25) is 0 Å². The fourth-order valence-electron chi connectivity index (χ4n) is 2.87. The van der Waals surface area contributed by atoms with Crippen molar-refractivity contribution in [2.45, 2.75) is 6.42 Å². The van der Waals surface area contributed by atoms with E-state index in [1.165, 1.54) is 0 Å². The van der Waals surface area contributed by atoms with Gasteiger partial charge in [0.2, 0.25) is 11.9 Å². The van der Waals surface area contributed by atoms with Crippen LogP contribution in [-0.2, 0) is 9.53 Å². The first-order valence-corrected chi connectivity index (χ1v) is 7.93. The third-order valence-electron chi connectivity index (χ3n) is 4.15. The molecule has 3 rings (SSSR count). The van der Waals surface area contributed by atoms with E-state index in [1.807, 2.05) is 11.0 Å². The van der Waals surface area contributed by atoms with Gasteiger partial charge in [0.05, 0.1) is 19.8 Å². The number of hydrogen-bond acceptors (Lipinski definition) is 6. The molecule has 1 amide bonds. The van der Waals surface area contributed by atoms with Gasteiger partial charge in [-0.3, -0.25) is 9.69 Å². The lowest BCUT2D eigenvalue weighted by Crippen LogP contribution is -2.45. The summed E-state index contributed by atoms with van der Waals surface area (Å²) in [5.74, 6) is 0.975. The molecule has 0 N–H and O–H groups in total. The quantitative estimate of drug-likeness (QED) is 0.774. The van der Waals surface area contributed by atoms with E-state index in [4.69, 9.17) is 4.74 Å². The van der Waals surface area contributed by atoms with Crippen LogP contribution in [0.5, 0.6) is 0 Å². The van der Waals surface area contributed by atoms with Gasteiger partial charge >= 0.3 is 0 Å². The van der Waals surface area contributed by atoms with Crippen molar-refractivity contribution < 1.29 is 9.53 Å². The van der Waals surface area contributed by atoms with E-state index in [2.05, 4.69) is 19.8 Å². The molecule has 1 aromatic rings. The predicted molar refractivity (Wildman–Crippen MR) is 82.7 cm³/mol. The third kappa shape index (κ3) is 3.92. The van der Waals surface area contributed by atoms with Crippen molar-refractivity contribution >= 4 is 11.9 Å². The van der Waals surface area contributed by atoms with Gasteiger partial charge < -0.3 is 14.5 Å². The van der Waals surface area contributed by atoms with Crippen molar-refractivity contribution in [1.82, 2.24) is 19.8 Å². The molecule has 2 saturated heterocycles. The van der Waals surface area contributed by atoms with Crippen molar-refractivity contribution in [2.24, 2.45) is 0 Å². The van der Waals surface area contributed by atoms with Crippen molar-refractivity contribution in [2.75, 3.05) is 63.9 Å². The number of carbonyl (C=O) groups is 1. The second-order valence-corrected chi connectivity index (χ2v) is 5.66. The molecular formula is C15H23N5O2. The van der Waals surface area contributed by atoms with Gasteiger partial charge in [0.25, 0.3) is 0 Å². The van der Waals surface area contributed by atoms with E-state index in [-0.39, 0.29) is 5.91 Å². The number of carbonyl (C=O) groups excluding carboxylic acids is 1. The summed E-state index contributed by atoms with van der Waals surface area (Å²) in [5, 5.41) is 0. The smallest absolute Gasteiger partial charge is 0.236 e. The summed E-state index contributed by atoms with van der Waals surface area (Å²) >= 11 is 0. The first-order chi connectivity index (χ1) is 10.8. The number of anilines is 1. The van der Waals surface area contributed by atoms with Crippen LogP contribution < -0.4 is 4.90 Å². The van der Waals surface area contributed by atoms with Gasteiger partial charge in [0.15, 0.2) is 0 Å². The van der Waals surface area contributed by atoms with Crippen molar-refractivity contribution in [3.05, 3.63) is 18.5 Å². The van der Waals surface area contributed by atoms with E-state index >= 15 is 0 Å². The Morgan fingerprint density at radius 1 is 1.05 bits per heavy atom. The average Bonchev–Trinajstić information content (AvgIpc) is 2.83. The molecule has 0 aliphatic carbocycles. The molecule has 0 unspecified atom stereocenters. The lowest BCUT2D eigenvalue weighted by Gasteiger charge is -2.29. The number of hydrogen-bond donors (Lipinski definition) is 0. The van der Waals surface area contributed by atoms with E-state index < -0.39 is 0 Å². The van der Waals surface area contributed by atoms with E-state index in [0.29, 0.717) is 6.54 Å².